The first-order valence-electron chi connectivity index (χ1n) is 5.31. The van der Waals surface area contributed by atoms with Crippen molar-refractivity contribution < 1.29 is 14.2 Å². The maximum absolute atomic E-state index is 5.85. The van der Waals surface area contributed by atoms with E-state index in [2.05, 4.69) is 13.8 Å². The molecule has 0 aliphatic carbocycles. The largest absolute Gasteiger partial charge is 0.375 e. The van der Waals surface area contributed by atoms with Crippen LogP contribution in [0.4, 0.5) is 0 Å². The van der Waals surface area contributed by atoms with Crippen LogP contribution >= 0.6 is 0 Å². The van der Waals surface area contributed by atoms with Gasteiger partial charge >= 0.3 is 0 Å². The van der Waals surface area contributed by atoms with Crippen LogP contribution in [0.2, 0.25) is 0 Å². The van der Waals surface area contributed by atoms with Gasteiger partial charge in [-0.05, 0) is 13.8 Å². The highest BCUT2D eigenvalue weighted by Crippen LogP contribution is 2.37. The fourth-order valence-electron chi connectivity index (χ4n) is 2.40. The maximum atomic E-state index is 5.85. The van der Waals surface area contributed by atoms with Crippen molar-refractivity contribution in [3.8, 4) is 0 Å². The molecule has 2 saturated heterocycles. The molecular weight excluding hydrogens is 182 g/mol. The molecule has 2 aliphatic rings. The molecule has 2 aliphatic heterocycles. The van der Waals surface area contributed by atoms with Gasteiger partial charge in [-0.3, -0.25) is 0 Å². The average molecular weight is 201 g/mol. The molecule has 0 bridgehead atoms. The van der Waals surface area contributed by atoms with Gasteiger partial charge < -0.3 is 19.9 Å². The molecule has 2 heterocycles. The summed E-state index contributed by atoms with van der Waals surface area (Å²) in [5.74, 6) is -0.416. The summed E-state index contributed by atoms with van der Waals surface area (Å²) in [6.07, 6.45) is 2.10. The number of hydrogen-bond acceptors (Lipinski definition) is 4. The molecule has 0 saturated carbocycles. The van der Waals surface area contributed by atoms with E-state index >= 15 is 0 Å². The van der Waals surface area contributed by atoms with Crippen molar-refractivity contribution in [1.29, 1.82) is 0 Å². The monoisotopic (exact) mass is 201 g/mol. The third kappa shape index (κ3) is 1.93. The predicted octanol–water partition coefficient (Wildman–Crippen LogP) is 0.644. The first kappa shape index (κ1) is 10.4. The fourth-order valence-corrected chi connectivity index (χ4v) is 2.40. The van der Waals surface area contributed by atoms with Crippen molar-refractivity contribution >= 4 is 0 Å². The van der Waals surface area contributed by atoms with Crippen molar-refractivity contribution in [2.75, 3.05) is 13.2 Å². The van der Waals surface area contributed by atoms with Crippen molar-refractivity contribution in [3.05, 3.63) is 0 Å². The van der Waals surface area contributed by atoms with Crippen molar-refractivity contribution in [2.24, 2.45) is 5.73 Å². The lowest BCUT2D eigenvalue weighted by Crippen LogP contribution is -2.45. The molecule has 4 heteroatoms. The van der Waals surface area contributed by atoms with Gasteiger partial charge in [0.2, 0.25) is 0 Å². The van der Waals surface area contributed by atoms with E-state index in [0.29, 0.717) is 13.2 Å². The van der Waals surface area contributed by atoms with Crippen LogP contribution in [0.15, 0.2) is 0 Å². The number of hydrogen-bond donors (Lipinski definition) is 1. The van der Waals surface area contributed by atoms with E-state index in [1.54, 1.807) is 0 Å². The summed E-state index contributed by atoms with van der Waals surface area (Å²) in [7, 11) is 0. The van der Waals surface area contributed by atoms with E-state index in [9.17, 15) is 0 Å². The minimum Gasteiger partial charge on any atom is -0.375 e. The third-order valence-corrected chi connectivity index (χ3v) is 2.84. The van der Waals surface area contributed by atoms with Gasteiger partial charge in [0, 0.05) is 19.4 Å². The zero-order valence-corrected chi connectivity index (χ0v) is 8.86. The SMILES string of the molecule is CC1CC2(CC(C)O1)OCC(CN)O2. The highest BCUT2D eigenvalue weighted by atomic mass is 16.7. The van der Waals surface area contributed by atoms with E-state index in [1.807, 2.05) is 0 Å². The Morgan fingerprint density at radius 3 is 2.43 bits per heavy atom. The van der Waals surface area contributed by atoms with Gasteiger partial charge in [-0.15, -0.1) is 0 Å². The predicted molar refractivity (Wildman–Crippen MR) is 51.9 cm³/mol. The summed E-state index contributed by atoms with van der Waals surface area (Å²) in [5, 5.41) is 0. The molecule has 2 rings (SSSR count). The lowest BCUT2D eigenvalue weighted by molar-refractivity contribution is -0.241. The number of rotatable bonds is 1. The Bertz CT molecular complexity index is 200. The molecule has 3 atom stereocenters. The van der Waals surface area contributed by atoms with Crippen molar-refractivity contribution in [3.63, 3.8) is 0 Å². The Kier molecular flexibility index (Phi) is 2.79. The summed E-state index contributed by atoms with van der Waals surface area (Å²) in [4.78, 5) is 0. The highest BCUT2D eigenvalue weighted by Gasteiger charge is 2.46. The van der Waals surface area contributed by atoms with E-state index in [4.69, 9.17) is 19.9 Å². The Morgan fingerprint density at radius 1 is 1.29 bits per heavy atom. The normalized spacial score (nSPS) is 48.6. The minimum atomic E-state index is -0.416. The Labute approximate surface area is 84.7 Å². The lowest BCUT2D eigenvalue weighted by Gasteiger charge is -2.38. The van der Waals surface area contributed by atoms with Gasteiger partial charge in [0.05, 0.1) is 24.9 Å². The second-order valence-electron chi connectivity index (χ2n) is 4.36. The van der Waals surface area contributed by atoms with Crippen LogP contribution in [0.1, 0.15) is 26.7 Å². The molecule has 0 aromatic carbocycles. The molecular formula is C10H19NO3. The summed E-state index contributed by atoms with van der Waals surface area (Å²) >= 11 is 0. The van der Waals surface area contributed by atoms with E-state index in [0.717, 1.165) is 12.8 Å². The van der Waals surface area contributed by atoms with E-state index in [-0.39, 0.29) is 18.3 Å². The molecule has 3 unspecified atom stereocenters. The minimum absolute atomic E-state index is 0.0625. The van der Waals surface area contributed by atoms with Crippen LogP contribution in [0, 0.1) is 0 Å². The number of ether oxygens (including phenoxy) is 3. The first-order chi connectivity index (χ1) is 6.63. The molecule has 82 valence electrons. The van der Waals surface area contributed by atoms with E-state index < -0.39 is 5.79 Å². The van der Waals surface area contributed by atoms with Crippen LogP contribution in [0.5, 0.6) is 0 Å². The molecule has 0 radical (unpaired) electrons. The van der Waals surface area contributed by atoms with Crippen LogP contribution in [-0.4, -0.2) is 37.3 Å². The van der Waals surface area contributed by atoms with Gasteiger partial charge in [0.1, 0.15) is 0 Å². The van der Waals surface area contributed by atoms with Crippen LogP contribution in [0.25, 0.3) is 0 Å². The van der Waals surface area contributed by atoms with Gasteiger partial charge in [0.15, 0.2) is 5.79 Å². The smallest absolute Gasteiger partial charge is 0.173 e. The van der Waals surface area contributed by atoms with Crippen LogP contribution < -0.4 is 5.73 Å². The van der Waals surface area contributed by atoms with Gasteiger partial charge in [-0.2, -0.15) is 0 Å². The Hall–Kier alpha value is -0.160. The fraction of sp³-hybridized carbons (Fsp3) is 1.00. The first-order valence-corrected chi connectivity index (χ1v) is 5.31. The summed E-state index contributed by atoms with van der Waals surface area (Å²) < 4.78 is 17.2. The second kappa shape index (κ2) is 3.77. The van der Waals surface area contributed by atoms with Gasteiger partial charge in [-0.1, -0.05) is 0 Å². The molecule has 2 N–H and O–H groups in total. The maximum Gasteiger partial charge on any atom is 0.173 e. The van der Waals surface area contributed by atoms with Crippen LogP contribution in [0.3, 0.4) is 0 Å². The lowest BCUT2D eigenvalue weighted by atomic mass is 9.98. The Morgan fingerprint density at radius 2 is 1.93 bits per heavy atom. The second-order valence-corrected chi connectivity index (χ2v) is 4.36. The van der Waals surface area contributed by atoms with E-state index in [1.165, 1.54) is 0 Å². The van der Waals surface area contributed by atoms with Crippen molar-refractivity contribution in [1.82, 2.24) is 0 Å². The summed E-state index contributed by atoms with van der Waals surface area (Å²) in [5.41, 5.74) is 5.56. The molecule has 14 heavy (non-hydrogen) atoms. The molecule has 1 spiro atoms. The standard InChI is InChI=1S/C10H19NO3/c1-7-3-10(4-8(2)13-7)12-6-9(5-11)14-10/h7-9H,3-6,11H2,1-2H3. The zero-order chi connectivity index (χ0) is 10.2. The number of nitrogens with two attached hydrogens (primary N) is 1. The zero-order valence-electron chi connectivity index (χ0n) is 8.86. The topological polar surface area (TPSA) is 53.7 Å². The van der Waals surface area contributed by atoms with Crippen molar-refractivity contribution in [2.45, 2.75) is 50.8 Å². The van der Waals surface area contributed by atoms with Gasteiger partial charge in [-0.25, -0.2) is 0 Å². The summed E-state index contributed by atoms with van der Waals surface area (Å²) in [6, 6.07) is 0. The third-order valence-electron chi connectivity index (χ3n) is 2.84. The Balaban J connectivity index is 2.01. The summed E-state index contributed by atoms with van der Waals surface area (Å²) in [6.45, 7) is 5.26. The molecule has 0 amide bonds. The van der Waals surface area contributed by atoms with Crippen LogP contribution in [-0.2, 0) is 14.2 Å². The highest BCUT2D eigenvalue weighted by molar-refractivity contribution is 4.87. The average Bonchev–Trinajstić information content (AvgIpc) is 2.46. The molecule has 2 fully saturated rings. The quantitative estimate of drug-likeness (QED) is 0.676. The van der Waals surface area contributed by atoms with Gasteiger partial charge in [0.25, 0.3) is 0 Å². The molecule has 0 aromatic heterocycles. The molecule has 0 aromatic rings. The molecule has 4 nitrogen and oxygen atoms in total.